The predicted octanol–water partition coefficient (Wildman–Crippen LogP) is 2.43. The molecule has 0 radical (unpaired) electrons. The average molecular weight is 456 g/mol. The lowest BCUT2D eigenvalue weighted by Gasteiger charge is -2.15. The van der Waals surface area contributed by atoms with Gasteiger partial charge in [0.05, 0.1) is 36.6 Å². The molecule has 0 saturated carbocycles. The molecule has 0 aliphatic heterocycles. The SMILES string of the molecule is CONC(=O)c1c(NC(=O)c2cc(OC)nn2-c2ncccc2Cl)c(C)cc2ccnn12. The highest BCUT2D eigenvalue weighted by Gasteiger charge is 2.25. The molecule has 4 aromatic heterocycles. The highest BCUT2D eigenvalue weighted by atomic mass is 35.5. The minimum atomic E-state index is -0.584. The topological polar surface area (TPSA) is 125 Å². The fourth-order valence-corrected chi connectivity index (χ4v) is 3.40. The number of ether oxygens (including phenoxy) is 1. The van der Waals surface area contributed by atoms with Gasteiger partial charge in [0.2, 0.25) is 5.88 Å². The molecule has 12 heteroatoms. The van der Waals surface area contributed by atoms with Crippen molar-refractivity contribution in [3.05, 3.63) is 64.7 Å². The Morgan fingerprint density at radius 1 is 1.12 bits per heavy atom. The Bertz CT molecular complexity index is 1330. The van der Waals surface area contributed by atoms with Crippen molar-refractivity contribution in [3.8, 4) is 11.7 Å². The molecule has 0 aliphatic carbocycles. The summed E-state index contributed by atoms with van der Waals surface area (Å²) in [4.78, 5) is 35.0. The molecule has 11 nitrogen and oxygen atoms in total. The zero-order valence-electron chi connectivity index (χ0n) is 17.3. The molecule has 0 aliphatic rings. The molecule has 0 aromatic carbocycles. The standard InChI is InChI=1S/C20H18ClN7O4/c1-11-9-12-6-8-23-27(12)17(20(30)26-32-3)16(11)24-19(29)14-10-15(31-2)25-28(14)18-13(21)5-4-7-22-18/h4-10H,1-3H3,(H,24,29)(H,26,30). The van der Waals surface area contributed by atoms with Gasteiger partial charge in [-0.15, -0.1) is 5.10 Å². The van der Waals surface area contributed by atoms with Crippen molar-refractivity contribution in [1.82, 2.24) is 29.9 Å². The summed E-state index contributed by atoms with van der Waals surface area (Å²) in [5, 5.41) is 11.5. The highest BCUT2D eigenvalue weighted by Crippen LogP contribution is 2.26. The molecule has 0 atom stereocenters. The number of hydrogen-bond acceptors (Lipinski definition) is 7. The van der Waals surface area contributed by atoms with Gasteiger partial charge < -0.3 is 10.1 Å². The van der Waals surface area contributed by atoms with Crippen LogP contribution in [0.15, 0.2) is 42.7 Å². The van der Waals surface area contributed by atoms with E-state index in [1.165, 1.54) is 35.7 Å². The first-order chi connectivity index (χ1) is 15.4. The monoisotopic (exact) mass is 455 g/mol. The van der Waals surface area contributed by atoms with Crippen molar-refractivity contribution < 1.29 is 19.2 Å². The van der Waals surface area contributed by atoms with Gasteiger partial charge in [-0.3, -0.25) is 14.4 Å². The van der Waals surface area contributed by atoms with Crippen LogP contribution in [-0.4, -0.2) is 50.4 Å². The third-order valence-electron chi connectivity index (χ3n) is 4.60. The molecule has 0 saturated heterocycles. The Morgan fingerprint density at radius 3 is 2.66 bits per heavy atom. The van der Waals surface area contributed by atoms with Crippen LogP contribution in [0.1, 0.15) is 26.5 Å². The first kappa shape index (κ1) is 21.3. The fraction of sp³-hybridized carbons (Fsp3) is 0.150. The lowest BCUT2D eigenvalue weighted by Crippen LogP contribution is -2.28. The van der Waals surface area contributed by atoms with Crippen molar-refractivity contribution in [1.29, 1.82) is 0 Å². The van der Waals surface area contributed by atoms with Crippen molar-refractivity contribution in [2.45, 2.75) is 6.92 Å². The van der Waals surface area contributed by atoms with Gasteiger partial charge in [-0.1, -0.05) is 11.6 Å². The number of nitrogens with one attached hydrogen (secondary N) is 2. The van der Waals surface area contributed by atoms with Crippen molar-refractivity contribution >= 4 is 34.6 Å². The van der Waals surface area contributed by atoms with Gasteiger partial charge in [-0.05, 0) is 36.8 Å². The second-order valence-electron chi connectivity index (χ2n) is 6.60. The molecule has 4 rings (SSSR count). The second-order valence-corrected chi connectivity index (χ2v) is 7.01. The zero-order valence-corrected chi connectivity index (χ0v) is 18.0. The average Bonchev–Trinajstić information content (AvgIpc) is 3.41. The van der Waals surface area contributed by atoms with Crippen LogP contribution in [0.3, 0.4) is 0 Å². The zero-order chi connectivity index (χ0) is 22.8. The van der Waals surface area contributed by atoms with Crippen LogP contribution < -0.4 is 15.5 Å². The Morgan fingerprint density at radius 2 is 1.94 bits per heavy atom. The molecule has 0 unspecified atom stereocenters. The molecule has 32 heavy (non-hydrogen) atoms. The maximum absolute atomic E-state index is 13.3. The summed E-state index contributed by atoms with van der Waals surface area (Å²) < 4.78 is 7.86. The smallest absolute Gasteiger partial charge is 0.295 e. The summed E-state index contributed by atoms with van der Waals surface area (Å²) in [6, 6.07) is 8.26. The number of nitrogens with zero attached hydrogens (tertiary/aromatic N) is 5. The van der Waals surface area contributed by atoms with Crippen LogP contribution in [0.5, 0.6) is 5.88 Å². The van der Waals surface area contributed by atoms with Gasteiger partial charge in [-0.2, -0.15) is 5.10 Å². The van der Waals surface area contributed by atoms with Crippen LogP contribution >= 0.6 is 11.6 Å². The van der Waals surface area contributed by atoms with E-state index in [2.05, 4.69) is 26.0 Å². The van der Waals surface area contributed by atoms with E-state index in [1.54, 1.807) is 37.4 Å². The summed E-state index contributed by atoms with van der Waals surface area (Å²) >= 11 is 6.25. The number of fused-ring (bicyclic) bond motifs is 1. The maximum Gasteiger partial charge on any atom is 0.295 e. The highest BCUT2D eigenvalue weighted by molar-refractivity contribution is 6.32. The van der Waals surface area contributed by atoms with E-state index in [9.17, 15) is 9.59 Å². The number of aryl methyl sites for hydroxylation is 1. The molecular weight excluding hydrogens is 438 g/mol. The van der Waals surface area contributed by atoms with Crippen LogP contribution in [-0.2, 0) is 4.84 Å². The Kier molecular flexibility index (Phi) is 5.75. The van der Waals surface area contributed by atoms with E-state index >= 15 is 0 Å². The van der Waals surface area contributed by atoms with Crippen LogP contribution in [0, 0.1) is 6.92 Å². The van der Waals surface area contributed by atoms with E-state index in [1.807, 2.05) is 0 Å². The summed E-state index contributed by atoms with van der Waals surface area (Å²) in [5.74, 6) is -0.713. The van der Waals surface area contributed by atoms with E-state index in [-0.39, 0.29) is 28.8 Å². The number of halogens is 1. The number of pyridine rings is 2. The Balaban J connectivity index is 1.81. The number of hydroxylamine groups is 1. The molecule has 0 bridgehead atoms. The third-order valence-corrected chi connectivity index (χ3v) is 4.89. The van der Waals surface area contributed by atoms with Gasteiger partial charge >= 0.3 is 0 Å². The van der Waals surface area contributed by atoms with E-state index in [0.29, 0.717) is 16.1 Å². The number of amides is 2. The molecule has 2 N–H and O–H groups in total. The minimum absolute atomic E-state index is 0.0918. The molecule has 0 spiro atoms. The Labute approximate surface area is 186 Å². The van der Waals surface area contributed by atoms with E-state index < -0.39 is 11.8 Å². The number of aromatic nitrogens is 5. The number of carbonyl (C=O) groups excluding carboxylic acids is 2. The third kappa shape index (κ3) is 3.74. The van der Waals surface area contributed by atoms with Gasteiger partial charge in [0, 0.05) is 12.3 Å². The normalized spacial score (nSPS) is 10.9. The molecule has 164 valence electrons. The van der Waals surface area contributed by atoms with Gasteiger partial charge in [0.1, 0.15) is 5.69 Å². The van der Waals surface area contributed by atoms with Crippen LogP contribution in [0.2, 0.25) is 5.02 Å². The number of methoxy groups -OCH3 is 1. The van der Waals surface area contributed by atoms with Crippen molar-refractivity contribution in [2.75, 3.05) is 19.5 Å². The van der Waals surface area contributed by atoms with E-state index in [0.717, 1.165) is 0 Å². The summed E-state index contributed by atoms with van der Waals surface area (Å²) in [7, 11) is 2.74. The van der Waals surface area contributed by atoms with Gasteiger partial charge in [-0.25, -0.2) is 19.7 Å². The van der Waals surface area contributed by atoms with Gasteiger partial charge in [0.15, 0.2) is 11.5 Å². The quantitative estimate of drug-likeness (QED) is 0.428. The maximum atomic E-state index is 13.3. The van der Waals surface area contributed by atoms with Gasteiger partial charge in [0.25, 0.3) is 11.8 Å². The van der Waals surface area contributed by atoms with Crippen molar-refractivity contribution in [2.24, 2.45) is 0 Å². The lowest BCUT2D eigenvalue weighted by atomic mass is 10.1. The summed E-state index contributed by atoms with van der Waals surface area (Å²) in [6.45, 7) is 1.76. The summed E-state index contributed by atoms with van der Waals surface area (Å²) in [5.41, 5.74) is 4.02. The minimum Gasteiger partial charge on any atom is -0.480 e. The molecule has 4 aromatic rings. The second kappa shape index (κ2) is 8.65. The Hall–Kier alpha value is -3.96. The molecule has 2 amide bonds. The molecule has 4 heterocycles. The summed E-state index contributed by atoms with van der Waals surface area (Å²) in [6.07, 6.45) is 3.08. The largest absolute Gasteiger partial charge is 0.480 e. The first-order valence-corrected chi connectivity index (χ1v) is 9.69. The molecule has 0 fully saturated rings. The number of anilines is 1. The first-order valence-electron chi connectivity index (χ1n) is 9.31. The predicted molar refractivity (Wildman–Crippen MR) is 115 cm³/mol. The lowest BCUT2D eigenvalue weighted by molar-refractivity contribution is 0.0531. The van der Waals surface area contributed by atoms with Crippen molar-refractivity contribution in [3.63, 3.8) is 0 Å². The number of hydrogen-bond donors (Lipinski definition) is 2. The number of rotatable bonds is 6. The number of carbonyl (C=O) groups is 2. The van der Waals surface area contributed by atoms with E-state index in [4.69, 9.17) is 21.2 Å². The van der Waals surface area contributed by atoms with Crippen LogP contribution in [0.4, 0.5) is 5.69 Å². The molecular formula is C20H18ClN7O4. The fourth-order valence-electron chi connectivity index (χ4n) is 3.20. The van der Waals surface area contributed by atoms with Crippen LogP contribution in [0.25, 0.3) is 11.3 Å².